The van der Waals surface area contributed by atoms with Crippen LogP contribution in [0.2, 0.25) is 0 Å². The minimum Gasteiger partial charge on any atom is -0.422 e. The van der Waals surface area contributed by atoms with Gasteiger partial charge in [0.25, 0.3) is 0 Å². The molecule has 0 fully saturated rings. The van der Waals surface area contributed by atoms with Gasteiger partial charge in [0.1, 0.15) is 22.2 Å². The molecular weight excluding hydrogens is 300 g/mol. The van der Waals surface area contributed by atoms with Crippen molar-refractivity contribution in [2.75, 3.05) is 0 Å². The molecule has 0 radical (unpaired) electrons. The van der Waals surface area contributed by atoms with Crippen LogP contribution in [0.5, 0.6) is 0 Å². The summed E-state index contributed by atoms with van der Waals surface area (Å²) < 4.78 is 30.0. The molecule has 0 spiro atoms. The summed E-state index contributed by atoms with van der Waals surface area (Å²) in [6.45, 7) is 0. The third-order valence-electron chi connectivity index (χ3n) is 2.76. The molecule has 2 unspecified atom stereocenters. The predicted octanol–water partition coefficient (Wildman–Crippen LogP) is 1.96. The molecule has 0 amide bonds. The summed E-state index contributed by atoms with van der Waals surface area (Å²) in [5, 5.41) is -0.0705. The van der Waals surface area contributed by atoms with Gasteiger partial charge < -0.3 is 8.97 Å². The van der Waals surface area contributed by atoms with Gasteiger partial charge in [-0.15, -0.1) is 0 Å². The lowest BCUT2D eigenvalue weighted by molar-refractivity contribution is 0.536. The molecule has 3 rings (SSSR count). The highest BCUT2D eigenvalue weighted by molar-refractivity contribution is 7.79. The van der Waals surface area contributed by atoms with Gasteiger partial charge in [-0.05, 0) is 23.7 Å². The maximum absolute atomic E-state index is 12.0. The maximum atomic E-state index is 12.0. The standard InChI is InChI=1S/C12H8N2O4S2/c15-12-8(5-7-3-1-2-4-9(7)18-12)10(20(16)17)11-13-6-14-19-11/h1-6,10H,(H,16,17). The van der Waals surface area contributed by atoms with Crippen LogP contribution in [0.25, 0.3) is 11.0 Å². The average molecular weight is 308 g/mol. The van der Waals surface area contributed by atoms with Gasteiger partial charge in [0.05, 0.1) is 5.56 Å². The number of hydrogen-bond donors (Lipinski definition) is 1. The van der Waals surface area contributed by atoms with E-state index in [-0.39, 0.29) is 5.56 Å². The zero-order chi connectivity index (χ0) is 14.1. The molecule has 0 aliphatic rings. The molecule has 3 aromatic rings. The van der Waals surface area contributed by atoms with Gasteiger partial charge in [-0.1, -0.05) is 18.2 Å². The highest BCUT2D eigenvalue weighted by Gasteiger charge is 2.27. The largest absolute Gasteiger partial charge is 0.422 e. The zero-order valence-corrected chi connectivity index (χ0v) is 11.6. The van der Waals surface area contributed by atoms with Gasteiger partial charge in [0.2, 0.25) is 0 Å². The van der Waals surface area contributed by atoms with E-state index in [0.717, 1.165) is 11.5 Å². The first-order chi connectivity index (χ1) is 9.66. The lowest BCUT2D eigenvalue weighted by atomic mass is 10.1. The van der Waals surface area contributed by atoms with Crippen LogP contribution in [0, 0.1) is 0 Å². The summed E-state index contributed by atoms with van der Waals surface area (Å²) in [6.07, 6.45) is 1.28. The fourth-order valence-electron chi connectivity index (χ4n) is 1.89. The quantitative estimate of drug-likeness (QED) is 0.587. The van der Waals surface area contributed by atoms with E-state index < -0.39 is 22.0 Å². The normalized spacial score (nSPS) is 14.2. The lowest BCUT2D eigenvalue weighted by Gasteiger charge is -2.09. The lowest BCUT2D eigenvalue weighted by Crippen LogP contribution is -2.17. The van der Waals surface area contributed by atoms with Crippen LogP contribution in [0.1, 0.15) is 15.8 Å². The second-order valence-corrected chi connectivity index (χ2v) is 5.80. The molecule has 0 aliphatic heterocycles. The van der Waals surface area contributed by atoms with Crippen molar-refractivity contribution in [2.45, 2.75) is 5.25 Å². The summed E-state index contributed by atoms with van der Waals surface area (Å²) in [5.41, 5.74) is -0.117. The van der Waals surface area contributed by atoms with Gasteiger partial charge in [0, 0.05) is 5.39 Å². The first-order valence-corrected chi connectivity index (χ1v) is 7.50. The molecule has 6 nitrogen and oxygen atoms in total. The molecule has 2 atom stereocenters. The minimum absolute atomic E-state index is 0.0984. The van der Waals surface area contributed by atoms with Crippen LogP contribution in [0.3, 0.4) is 0 Å². The Balaban J connectivity index is 2.24. The molecule has 1 N–H and O–H groups in total. The minimum atomic E-state index is -2.29. The van der Waals surface area contributed by atoms with E-state index in [9.17, 15) is 13.6 Å². The summed E-state index contributed by atoms with van der Waals surface area (Å²) in [4.78, 5) is 15.9. The Bertz CT molecular complexity index is 829. The molecule has 2 aromatic heterocycles. The van der Waals surface area contributed by atoms with Crippen LogP contribution >= 0.6 is 11.5 Å². The number of benzene rings is 1. The van der Waals surface area contributed by atoms with Crippen molar-refractivity contribution in [1.29, 1.82) is 0 Å². The molecule has 20 heavy (non-hydrogen) atoms. The number of fused-ring (bicyclic) bond motifs is 1. The second-order valence-electron chi connectivity index (χ2n) is 3.96. The number of aromatic nitrogens is 2. The Morgan fingerprint density at radius 1 is 1.35 bits per heavy atom. The summed E-state index contributed by atoms with van der Waals surface area (Å²) in [5.74, 6) is 0. The van der Waals surface area contributed by atoms with E-state index in [1.807, 2.05) is 0 Å². The summed E-state index contributed by atoms with van der Waals surface area (Å²) in [6, 6.07) is 8.52. The summed E-state index contributed by atoms with van der Waals surface area (Å²) in [7, 11) is 0. The molecule has 0 saturated heterocycles. The fourth-order valence-corrected chi connectivity index (χ4v) is 3.40. The zero-order valence-electron chi connectivity index (χ0n) is 9.92. The maximum Gasteiger partial charge on any atom is 0.341 e. The second kappa shape index (κ2) is 5.23. The SMILES string of the molecule is O=c1oc2ccccc2cc1C(c1ncns1)S(=O)O. The van der Waals surface area contributed by atoms with Crippen molar-refractivity contribution in [3.05, 3.63) is 57.7 Å². The molecule has 102 valence electrons. The van der Waals surface area contributed by atoms with Crippen LogP contribution in [0.4, 0.5) is 0 Å². The van der Waals surface area contributed by atoms with E-state index >= 15 is 0 Å². The third-order valence-corrected chi connectivity index (χ3v) is 4.51. The van der Waals surface area contributed by atoms with E-state index in [1.54, 1.807) is 30.3 Å². The molecular formula is C12H8N2O4S2. The van der Waals surface area contributed by atoms with Gasteiger partial charge >= 0.3 is 5.63 Å². The molecule has 8 heteroatoms. The van der Waals surface area contributed by atoms with Crippen molar-refractivity contribution >= 4 is 33.6 Å². The Morgan fingerprint density at radius 3 is 2.85 bits per heavy atom. The highest BCUT2D eigenvalue weighted by Crippen LogP contribution is 2.27. The molecule has 0 bridgehead atoms. The van der Waals surface area contributed by atoms with E-state index in [2.05, 4.69) is 9.36 Å². The highest BCUT2D eigenvalue weighted by atomic mass is 32.2. The van der Waals surface area contributed by atoms with Crippen molar-refractivity contribution in [3.63, 3.8) is 0 Å². The van der Waals surface area contributed by atoms with Crippen LogP contribution in [0.15, 0.2) is 45.9 Å². The van der Waals surface area contributed by atoms with Crippen molar-refractivity contribution in [1.82, 2.24) is 9.36 Å². The number of para-hydroxylation sites is 1. The first kappa shape index (κ1) is 13.1. The fraction of sp³-hybridized carbons (Fsp3) is 0.0833. The van der Waals surface area contributed by atoms with Gasteiger partial charge in [-0.3, -0.25) is 0 Å². The van der Waals surface area contributed by atoms with Crippen molar-refractivity contribution < 1.29 is 13.2 Å². The number of hydrogen-bond acceptors (Lipinski definition) is 6. The van der Waals surface area contributed by atoms with Crippen molar-refractivity contribution in [2.24, 2.45) is 0 Å². The molecule has 1 aromatic carbocycles. The first-order valence-electron chi connectivity index (χ1n) is 5.56. The van der Waals surface area contributed by atoms with Gasteiger partial charge in [-0.25, -0.2) is 14.0 Å². The Morgan fingerprint density at radius 2 is 2.15 bits per heavy atom. The topological polar surface area (TPSA) is 93.3 Å². The van der Waals surface area contributed by atoms with Crippen LogP contribution < -0.4 is 5.63 Å². The Labute approximate surface area is 119 Å². The Kier molecular flexibility index (Phi) is 3.43. The predicted molar refractivity (Wildman–Crippen MR) is 75.0 cm³/mol. The monoisotopic (exact) mass is 308 g/mol. The molecule has 2 heterocycles. The van der Waals surface area contributed by atoms with Crippen LogP contribution in [-0.2, 0) is 11.1 Å². The molecule has 0 saturated carbocycles. The summed E-state index contributed by atoms with van der Waals surface area (Å²) >= 11 is -1.32. The van der Waals surface area contributed by atoms with E-state index in [4.69, 9.17) is 4.42 Å². The van der Waals surface area contributed by atoms with Crippen LogP contribution in [-0.4, -0.2) is 18.1 Å². The average Bonchev–Trinajstić information content (AvgIpc) is 2.93. The molecule has 0 aliphatic carbocycles. The number of rotatable bonds is 3. The van der Waals surface area contributed by atoms with E-state index in [1.165, 1.54) is 6.33 Å². The number of nitrogens with zero attached hydrogens (tertiary/aromatic N) is 2. The van der Waals surface area contributed by atoms with E-state index in [0.29, 0.717) is 16.0 Å². The van der Waals surface area contributed by atoms with Gasteiger partial charge in [-0.2, -0.15) is 4.37 Å². The Hall–Kier alpha value is -1.90. The van der Waals surface area contributed by atoms with Gasteiger partial charge in [0.15, 0.2) is 11.1 Å². The smallest absolute Gasteiger partial charge is 0.341 e. The van der Waals surface area contributed by atoms with Crippen molar-refractivity contribution in [3.8, 4) is 0 Å². The third kappa shape index (κ3) is 2.28.